The SMILES string of the molecule is CN1CCNCC1CCNCc1ccc(Cl)cc1. The van der Waals surface area contributed by atoms with Gasteiger partial charge in [-0.25, -0.2) is 0 Å². The second-order valence-corrected chi connectivity index (χ2v) is 5.37. The van der Waals surface area contributed by atoms with Gasteiger partial charge in [0.15, 0.2) is 0 Å². The molecule has 100 valence electrons. The van der Waals surface area contributed by atoms with E-state index in [1.807, 2.05) is 12.1 Å². The van der Waals surface area contributed by atoms with Crippen LogP contribution in [0.3, 0.4) is 0 Å². The summed E-state index contributed by atoms with van der Waals surface area (Å²) >= 11 is 5.86. The molecule has 0 radical (unpaired) electrons. The van der Waals surface area contributed by atoms with E-state index >= 15 is 0 Å². The summed E-state index contributed by atoms with van der Waals surface area (Å²) < 4.78 is 0. The van der Waals surface area contributed by atoms with Gasteiger partial charge in [-0.3, -0.25) is 0 Å². The first kappa shape index (κ1) is 13.8. The average molecular weight is 268 g/mol. The van der Waals surface area contributed by atoms with Gasteiger partial charge in [0.1, 0.15) is 0 Å². The van der Waals surface area contributed by atoms with E-state index in [1.165, 1.54) is 12.0 Å². The van der Waals surface area contributed by atoms with Crippen molar-refractivity contribution in [2.24, 2.45) is 0 Å². The number of nitrogens with one attached hydrogen (secondary N) is 2. The van der Waals surface area contributed by atoms with Crippen LogP contribution in [-0.2, 0) is 6.54 Å². The predicted molar refractivity (Wildman–Crippen MR) is 77.1 cm³/mol. The largest absolute Gasteiger partial charge is 0.314 e. The normalized spacial score (nSPS) is 21.1. The highest BCUT2D eigenvalue weighted by molar-refractivity contribution is 6.30. The molecule has 4 heteroatoms. The van der Waals surface area contributed by atoms with Crippen molar-refractivity contribution in [1.29, 1.82) is 0 Å². The lowest BCUT2D eigenvalue weighted by Crippen LogP contribution is -2.50. The maximum Gasteiger partial charge on any atom is 0.0406 e. The van der Waals surface area contributed by atoms with Crippen molar-refractivity contribution in [3.8, 4) is 0 Å². The Morgan fingerprint density at radius 2 is 2.17 bits per heavy atom. The minimum Gasteiger partial charge on any atom is -0.314 e. The summed E-state index contributed by atoms with van der Waals surface area (Å²) in [6.07, 6.45) is 1.19. The first-order valence-electron chi connectivity index (χ1n) is 6.62. The van der Waals surface area contributed by atoms with Crippen LogP contribution in [0.15, 0.2) is 24.3 Å². The lowest BCUT2D eigenvalue weighted by atomic mass is 10.1. The van der Waals surface area contributed by atoms with Gasteiger partial charge in [0, 0.05) is 37.2 Å². The molecule has 0 amide bonds. The zero-order chi connectivity index (χ0) is 12.8. The van der Waals surface area contributed by atoms with Gasteiger partial charge in [-0.2, -0.15) is 0 Å². The van der Waals surface area contributed by atoms with E-state index in [0.29, 0.717) is 6.04 Å². The Labute approximate surface area is 115 Å². The number of hydrogen-bond acceptors (Lipinski definition) is 3. The summed E-state index contributed by atoms with van der Waals surface area (Å²) in [5.74, 6) is 0. The summed E-state index contributed by atoms with van der Waals surface area (Å²) in [6.45, 7) is 5.35. The standard InChI is InChI=1S/C14H22ClN3/c1-18-9-8-17-11-14(18)6-7-16-10-12-2-4-13(15)5-3-12/h2-5,14,16-17H,6-11H2,1H3. The van der Waals surface area contributed by atoms with Crippen molar-refractivity contribution in [1.82, 2.24) is 15.5 Å². The summed E-state index contributed by atoms with van der Waals surface area (Å²) in [4.78, 5) is 2.44. The third-order valence-electron chi connectivity index (χ3n) is 3.54. The van der Waals surface area contributed by atoms with Gasteiger partial charge in [-0.05, 0) is 37.7 Å². The van der Waals surface area contributed by atoms with Crippen molar-refractivity contribution in [2.45, 2.75) is 19.0 Å². The van der Waals surface area contributed by atoms with E-state index in [0.717, 1.165) is 37.7 Å². The molecule has 0 spiro atoms. The molecule has 1 aliphatic heterocycles. The van der Waals surface area contributed by atoms with Crippen LogP contribution in [0.5, 0.6) is 0 Å². The Morgan fingerprint density at radius 3 is 2.89 bits per heavy atom. The second kappa shape index (κ2) is 7.10. The fraction of sp³-hybridized carbons (Fsp3) is 0.571. The van der Waals surface area contributed by atoms with Gasteiger partial charge < -0.3 is 15.5 Å². The summed E-state index contributed by atoms with van der Waals surface area (Å²) in [6, 6.07) is 8.69. The van der Waals surface area contributed by atoms with Crippen LogP contribution in [0.1, 0.15) is 12.0 Å². The van der Waals surface area contributed by atoms with Crippen LogP contribution in [0, 0.1) is 0 Å². The van der Waals surface area contributed by atoms with E-state index < -0.39 is 0 Å². The van der Waals surface area contributed by atoms with Crippen LogP contribution < -0.4 is 10.6 Å². The maximum atomic E-state index is 5.86. The maximum absolute atomic E-state index is 5.86. The predicted octanol–water partition coefficient (Wildman–Crippen LogP) is 1.72. The Bertz CT molecular complexity index is 353. The third kappa shape index (κ3) is 4.25. The number of likely N-dealkylation sites (N-methyl/N-ethyl adjacent to an activating group) is 1. The van der Waals surface area contributed by atoms with Crippen molar-refractivity contribution < 1.29 is 0 Å². The molecule has 18 heavy (non-hydrogen) atoms. The molecule has 1 saturated heterocycles. The van der Waals surface area contributed by atoms with Gasteiger partial charge in [0.2, 0.25) is 0 Å². The molecule has 2 rings (SSSR count). The first-order chi connectivity index (χ1) is 8.75. The van der Waals surface area contributed by atoms with Gasteiger partial charge in [-0.1, -0.05) is 23.7 Å². The van der Waals surface area contributed by atoms with Crippen molar-refractivity contribution in [3.05, 3.63) is 34.9 Å². The lowest BCUT2D eigenvalue weighted by Gasteiger charge is -2.33. The number of hydrogen-bond donors (Lipinski definition) is 2. The molecule has 1 heterocycles. The van der Waals surface area contributed by atoms with Gasteiger partial charge in [-0.15, -0.1) is 0 Å². The highest BCUT2D eigenvalue weighted by Crippen LogP contribution is 2.09. The van der Waals surface area contributed by atoms with E-state index in [9.17, 15) is 0 Å². The fourth-order valence-electron chi connectivity index (χ4n) is 2.29. The van der Waals surface area contributed by atoms with Crippen LogP contribution >= 0.6 is 11.6 Å². The van der Waals surface area contributed by atoms with Crippen LogP contribution in [0.4, 0.5) is 0 Å². The Balaban J connectivity index is 1.65. The van der Waals surface area contributed by atoms with Crippen LogP contribution in [0.2, 0.25) is 5.02 Å². The summed E-state index contributed by atoms with van der Waals surface area (Å²) in [5, 5.41) is 7.74. The molecule has 1 aliphatic rings. The number of rotatable bonds is 5. The average Bonchev–Trinajstić information content (AvgIpc) is 2.39. The minimum absolute atomic E-state index is 0.663. The summed E-state index contributed by atoms with van der Waals surface area (Å²) in [5.41, 5.74) is 1.29. The molecule has 2 N–H and O–H groups in total. The highest BCUT2D eigenvalue weighted by Gasteiger charge is 2.17. The molecule has 0 aliphatic carbocycles. The van der Waals surface area contributed by atoms with E-state index in [1.54, 1.807) is 0 Å². The van der Waals surface area contributed by atoms with Gasteiger partial charge in [0.25, 0.3) is 0 Å². The van der Waals surface area contributed by atoms with Gasteiger partial charge in [0.05, 0.1) is 0 Å². The zero-order valence-corrected chi connectivity index (χ0v) is 11.7. The van der Waals surface area contributed by atoms with Gasteiger partial charge >= 0.3 is 0 Å². The monoisotopic (exact) mass is 267 g/mol. The number of piperazine rings is 1. The lowest BCUT2D eigenvalue weighted by molar-refractivity contribution is 0.189. The Hall–Kier alpha value is -0.610. The van der Waals surface area contributed by atoms with E-state index in [4.69, 9.17) is 11.6 Å². The zero-order valence-electron chi connectivity index (χ0n) is 11.0. The van der Waals surface area contributed by atoms with Crippen molar-refractivity contribution >= 4 is 11.6 Å². The topological polar surface area (TPSA) is 27.3 Å². The molecule has 1 unspecified atom stereocenters. The smallest absolute Gasteiger partial charge is 0.0406 e. The molecule has 1 atom stereocenters. The molecule has 0 saturated carbocycles. The first-order valence-corrected chi connectivity index (χ1v) is 6.99. The molecule has 1 fully saturated rings. The van der Waals surface area contributed by atoms with Crippen molar-refractivity contribution in [3.63, 3.8) is 0 Å². The molecular weight excluding hydrogens is 246 g/mol. The molecule has 3 nitrogen and oxygen atoms in total. The molecule has 1 aromatic carbocycles. The third-order valence-corrected chi connectivity index (χ3v) is 3.79. The van der Waals surface area contributed by atoms with Crippen molar-refractivity contribution in [2.75, 3.05) is 33.2 Å². The number of benzene rings is 1. The van der Waals surface area contributed by atoms with Crippen LogP contribution in [-0.4, -0.2) is 44.2 Å². The van der Waals surface area contributed by atoms with E-state index in [-0.39, 0.29) is 0 Å². The highest BCUT2D eigenvalue weighted by atomic mass is 35.5. The second-order valence-electron chi connectivity index (χ2n) is 4.93. The minimum atomic E-state index is 0.663. The Morgan fingerprint density at radius 1 is 1.39 bits per heavy atom. The van der Waals surface area contributed by atoms with E-state index in [2.05, 4.69) is 34.7 Å². The van der Waals surface area contributed by atoms with Crippen LogP contribution in [0.25, 0.3) is 0 Å². The molecule has 1 aromatic rings. The molecule has 0 bridgehead atoms. The summed E-state index contributed by atoms with van der Waals surface area (Å²) in [7, 11) is 2.21. The molecular formula is C14H22ClN3. The fourth-order valence-corrected chi connectivity index (χ4v) is 2.41. The number of halogens is 1. The number of nitrogens with zero attached hydrogens (tertiary/aromatic N) is 1. The quantitative estimate of drug-likeness (QED) is 0.796. The Kier molecular flexibility index (Phi) is 5.45. The molecule has 0 aromatic heterocycles.